The van der Waals surface area contributed by atoms with Gasteiger partial charge in [-0.05, 0) is 30.3 Å². The highest BCUT2D eigenvalue weighted by atomic mass is 35.5. The molecule has 8 heteroatoms. The smallest absolute Gasteiger partial charge is 0.277 e. The number of halogens is 2. The number of carbonyl (C=O) groups is 1. The number of anilines is 1. The molecular weight excluding hydrogens is 363 g/mol. The molecule has 0 bridgehead atoms. The van der Waals surface area contributed by atoms with E-state index in [1.165, 1.54) is 32.4 Å². The number of aromatic nitrogens is 1. The minimum Gasteiger partial charge on any atom is -0.497 e. The van der Waals surface area contributed by atoms with Crippen molar-refractivity contribution in [3.8, 4) is 22.8 Å². The van der Waals surface area contributed by atoms with E-state index in [0.717, 1.165) is 0 Å². The summed E-state index contributed by atoms with van der Waals surface area (Å²) in [6, 6.07) is 10.4. The van der Waals surface area contributed by atoms with Crippen LogP contribution in [0, 0.1) is 5.82 Å². The lowest BCUT2D eigenvalue weighted by Gasteiger charge is -2.06. The molecule has 0 aliphatic heterocycles. The van der Waals surface area contributed by atoms with Crippen LogP contribution in [0.3, 0.4) is 0 Å². The van der Waals surface area contributed by atoms with Crippen molar-refractivity contribution in [2.45, 2.75) is 0 Å². The number of benzene rings is 2. The zero-order chi connectivity index (χ0) is 18.7. The number of nitrogens with one attached hydrogen (secondary N) is 1. The molecule has 0 saturated heterocycles. The van der Waals surface area contributed by atoms with E-state index in [1.807, 2.05) is 0 Å². The van der Waals surface area contributed by atoms with Crippen LogP contribution in [0.4, 0.5) is 10.1 Å². The molecule has 26 heavy (non-hydrogen) atoms. The van der Waals surface area contributed by atoms with Gasteiger partial charge in [0.1, 0.15) is 17.3 Å². The van der Waals surface area contributed by atoms with Crippen molar-refractivity contribution in [2.24, 2.45) is 0 Å². The Bertz CT molecular complexity index is 958. The average Bonchev–Trinajstić information content (AvgIpc) is 3.11. The van der Waals surface area contributed by atoms with Gasteiger partial charge in [-0.15, -0.1) is 0 Å². The van der Waals surface area contributed by atoms with Crippen LogP contribution in [0.5, 0.6) is 11.5 Å². The predicted octanol–water partition coefficient (Wildman–Crippen LogP) is 4.40. The topological polar surface area (TPSA) is 73.6 Å². The predicted molar refractivity (Wildman–Crippen MR) is 94.4 cm³/mol. The van der Waals surface area contributed by atoms with E-state index in [-0.39, 0.29) is 17.0 Å². The molecule has 0 aliphatic rings. The van der Waals surface area contributed by atoms with Gasteiger partial charge >= 0.3 is 0 Å². The minimum absolute atomic E-state index is 0.00200. The number of hydrogen-bond acceptors (Lipinski definition) is 5. The van der Waals surface area contributed by atoms with Gasteiger partial charge in [-0.3, -0.25) is 4.79 Å². The molecule has 0 fully saturated rings. The first-order chi connectivity index (χ1) is 12.5. The molecule has 0 saturated carbocycles. The molecule has 0 radical (unpaired) electrons. The van der Waals surface area contributed by atoms with E-state index < -0.39 is 11.7 Å². The molecule has 134 valence electrons. The third-order valence-corrected chi connectivity index (χ3v) is 3.89. The molecule has 0 aliphatic carbocycles. The molecule has 1 N–H and O–H groups in total. The molecule has 0 spiro atoms. The van der Waals surface area contributed by atoms with Crippen LogP contribution >= 0.6 is 11.6 Å². The van der Waals surface area contributed by atoms with E-state index in [0.29, 0.717) is 22.2 Å². The second kappa shape index (κ2) is 7.45. The van der Waals surface area contributed by atoms with Crippen LogP contribution in [0.25, 0.3) is 11.3 Å². The normalized spacial score (nSPS) is 10.5. The van der Waals surface area contributed by atoms with Gasteiger partial charge in [0.15, 0.2) is 11.5 Å². The zero-order valence-electron chi connectivity index (χ0n) is 13.9. The van der Waals surface area contributed by atoms with E-state index in [4.69, 9.17) is 25.6 Å². The molecule has 6 nitrogen and oxygen atoms in total. The maximum absolute atomic E-state index is 14.1. The Labute approximate surface area is 153 Å². The van der Waals surface area contributed by atoms with Gasteiger partial charge in [-0.25, -0.2) is 4.39 Å². The second-order valence-corrected chi connectivity index (χ2v) is 5.63. The van der Waals surface area contributed by atoms with Crippen molar-refractivity contribution in [2.75, 3.05) is 19.5 Å². The lowest BCUT2D eigenvalue weighted by atomic mass is 10.1. The lowest BCUT2D eigenvalue weighted by Crippen LogP contribution is -2.12. The van der Waals surface area contributed by atoms with Crippen LogP contribution in [0.2, 0.25) is 5.02 Å². The van der Waals surface area contributed by atoms with Crippen molar-refractivity contribution >= 4 is 23.2 Å². The third-order valence-electron chi connectivity index (χ3n) is 3.59. The third kappa shape index (κ3) is 3.62. The quantitative estimate of drug-likeness (QED) is 0.714. The van der Waals surface area contributed by atoms with Crippen LogP contribution in [-0.4, -0.2) is 25.3 Å². The molecule has 1 aromatic heterocycles. The fourth-order valence-electron chi connectivity index (χ4n) is 2.27. The SMILES string of the molecule is COc1ccc(-c2cc(C(=O)Nc3ccc(OC)c(Cl)c3)no2)c(F)c1. The highest BCUT2D eigenvalue weighted by Gasteiger charge is 2.17. The van der Waals surface area contributed by atoms with Crippen molar-refractivity contribution in [1.82, 2.24) is 5.16 Å². The summed E-state index contributed by atoms with van der Waals surface area (Å²) in [5.74, 6) is -0.0731. The Morgan fingerprint density at radius 2 is 1.96 bits per heavy atom. The number of nitrogens with zero attached hydrogens (tertiary/aromatic N) is 1. The van der Waals surface area contributed by atoms with Crippen LogP contribution in [-0.2, 0) is 0 Å². The summed E-state index contributed by atoms with van der Waals surface area (Å²) < 4.78 is 29.2. The largest absolute Gasteiger partial charge is 0.497 e. The Balaban J connectivity index is 1.79. The summed E-state index contributed by atoms with van der Waals surface area (Å²) in [6.45, 7) is 0. The number of amides is 1. The molecule has 1 heterocycles. The second-order valence-electron chi connectivity index (χ2n) is 5.23. The zero-order valence-corrected chi connectivity index (χ0v) is 14.6. The van der Waals surface area contributed by atoms with E-state index in [9.17, 15) is 9.18 Å². The summed E-state index contributed by atoms with van der Waals surface area (Å²) in [5, 5.41) is 6.67. The monoisotopic (exact) mass is 376 g/mol. The molecule has 3 aromatic rings. The van der Waals surface area contributed by atoms with E-state index in [2.05, 4.69) is 10.5 Å². The molecule has 2 aromatic carbocycles. The Hall–Kier alpha value is -3.06. The van der Waals surface area contributed by atoms with Crippen LogP contribution in [0.1, 0.15) is 10.5 Å². The molecular formula is C18H14ClFN2O4. The number of carbonyl (C=O) groups excluding carboxylic acids is 1. The maximum atomic E-state index is 14.1. The van der Waals surface area contributed by atoms with E-state index in [1.54, 1.807) is 24.3 Å². The highest BCUT2D eigenvalue weighted by molar-refractivity contribution is 6.32. The molecule has 3 rings (SSSR count). The Morgan fingerprint density at radius 1 is 1.15 bits per heavy atom. The molecule has 0 unspecified atom stereocenters. The number of ether oxygens (including phenoxy) is 2. The Morgan fingerprint density at radius 3 is 2.62 bits per heavy atom. The summed E-state index contributed by atoms with van der Waals surface area (Å²) in [7, 11) is 2.94. The van der Waals surface area contributed by atoms with Crippen LogP contribution in [0.15, 0.2) is 47.0 Å². The Kier molecular flexibility index (Phi) is 5.09. The average molecular weight is 377 g/mol. The molecule has 0 atom stereocenters. The number of hydrogen-bond donors (Lipinski definition) is 1. The standard InChI is InChI=1S/C18H14ClFN2O4/c1-24-11-4-5-12(14(20)8-11)17-9-15(22-26-17)18(23)21-10-3-6-16(25-2)13(19)7-10/h3-9H,1-2H3,(H,21,23). The van der Waals surface area contributed by atoms with E-state index >= 15 is 0 Å². The molecule has 1 amide bonds. The lowest BCUT2D eigenvalue weighted by molar-refractivity contribution is 0.101. The first-order valence-electron chi connectivity index (χ1n) is 7.47. The van der Waals surface area contributed by atoms with Crippen molar-refractivity contribution in [1.29, 1.82) is 0 Å². The summed E-state index contributed by atoms with van der Waals surface area (Å²) in [5.41, 5.74) is 0.632. The van der Waals surface area contributed by atoms with Crippen molar-refractivity contribution in [3.05, 3.63) is 59.0 Å². The summed E-state index contributed by atoms with van der Waals surface area (Å²) in [6.07, 6.45) is 0. The fraction of sp³-hybridized carbons (Fsp3) is 0.111. The first-order valence-corrected chi connectivity index (χ1v) is 7.85. The van der Waals surface area contributed by atoms with Gasteiger partial charge in [0.2, 0.25) is 0 Å². The minimum atomic E-state index is -0.547. The van der Waals surface area contributed by atoms with Gasteiger partial charge in [-0.1, -0.05) is 16.8 Å². The van der Waals surface area contributed by atoms with Gasteiger partial charge in [-0.2, -0.15) is 0 Å². The maximum Gasteiger partial charge on any atom is 0.277 e. The summed E-state index contributed by atoms with van der Waals surface area (Å²) >= 11 is 6.02. The number of methoxy groups -OCH3 is 2. The summed E-state index contributed by atoms with van der Waals surface area (Å²) in [4.78, 5) is 12.3. The number of rotatable bonds is 5. The van der Waals surface area contributed by atoms with Crippen molar-refractivity contribution in [3.63, 3.8) is 0 Å². The highest BCUT2D eigenvalue weighted by Crippen LogP contribution is 2.29. The fourth-order valence-corrected chi connectivity index (χ4v) is 2.53. The van der Waals surface area contributed by atoms with Crippen molar-refractivity contribution < 1.29 is 23.2 Å². The van der Waals surface area contributed by atoms with Gasteiger partial charge < -0.3 is 19.3 Å². The van der Waals surface area contributed by atoms with Crippen LogP contribution < -0.4 is 14.8 Å². The van der Waals surface area contributed by atoms with Gasteiger partial charge in [0, 0.05) is 17.8 Å². The van der Waals surface area contributed by atoms with Gasteiger partial charge in [0.05, 0.1) is 24.8 Å². The first kappa shape index (κ1) is 17.8. The van der Waals surface area contributed by atoms with Gasteiger partial charge in [0.25, 0.3) is 5.91 Å².